The maximum Gasteiger partial charge on any atom is 0.293 e. The molecule has 2 amide bonds. The number of imide groups is 1. The SMILES string of the molecule is O=C1S/C(=C/C=C\c2ccccc2)C(=O)N1Cc1cccc2ccccc12. The summed E-state index contributed by atoms with van der Waals surface area (Å²) in [6.45, 7) is 0.283. The van der Waals surface area contributed by atoms with Gasteiger partial charge in [-0.05, 0) is 39.7 Å². The molecule has 0 aliphatic carbocycles. The molecular weight excluding hydrogens is 354 g/mol. The van der Waals surface area contributed by atoms with Crippen molar-refractivity contribution in [3.05, 3.63) is 101 Å². The fourth-order valence-electron chi connectivity index (χ4n) is 3.06. The van der Waals surface area contributed by atoms with Crippen molar-refractivity contribution >= 4 is 39.8 Å². The minimum Gasteiger partial charge on any atom is -0.268 e. The second kappa shape index (κ2) is 7.64. The average Bonchev–Trinajstić information content (AvgIpc) is 2.97. The largest absolute Gasteiger partial charge is 0.293 e. The topological polar surface area (TPSA) is 37.4 Å². The third kappa shape index (κ3) is 3.71. The predicted octanol–water partition coefficient (Wildman–Crippen LogP) is 5.63. The zero-order valence-electron chi connectivity index (χ0n) is 14.5. The van der Waals surface area contributed by atoms with Gasteiger partial charge in [-0.1, -0.05) is 84.9 Å². The van der Waals surface area contributed by atoms with Crippen molar-refractivity contribution in [2.75, 3.05) is 0 Å². The van der Waals surface area contributed by atoms with Gasteiger partial charge in [0.25, 0.3) is 11.1 Å². The molecule has 4 heteroatoms. The number of thioether (sulfide) groups is 1. The van der Waals surface area contributed by atoms with Crippen LogP contribution in [0.25, 0.3) is 16.8 Å². The van der Waals surface area contributed by atoms with E-state index in [-0.39, 0.29) is 17.7 Å². The first-order valence-electron chi connectivity index (χ1n) is 8.66. The van der Waals surface area contributed by atoms with Crippen LogP contribution >= 0.6 is 11.8 Å². The van der Waals surface area contributed by atoms with Gasteiger partial charge in [0.1, 0.15) is 0 Å². The molecular formula is C23H17NO2S. The van der Waals surface area contributed by atoms with Crippen LogP contribution in [0.4, 0.5) is 4.79 Å². The summed E-state index contributed by atoms with van der Waals surface area (Å²) in [7, 11) is 0. The number of carbonyl (C=O) groups excluding carboxylic acids is 2. The third-order valence-corrected chi connectivity index (χ3v) is 5.34. The Hall–Kier alpha value is -3.11. The Morgan fingerprint density at radius 2 is 1.59 bits per heavy atom. The number of hydrogen-bond donors (Lipinski definition) is 0. The Morgan fingerprint density at radius 1 is 0.852 bits per heavy atom. The van der Waals surface area contributed by atoms with E-state index in [0.717, 1.165) is 33.7 Å². The van der Waals surface area contributed by atoms with Crippen molar-refractivity contribution < 1.29 is 9.59 Å². The number of fused-ring (bicyclic) bond motifs is 1. The van der Waals surface area contributed by atoms with Crippen molar-refractivity contribution in [2.45, 2.75) is 6.54 Å². The number of amides is 2. The minimum atomic E-state index is -0.240. The second-order valence-corrected chi connectivity index (χ2v) is 7.19. The van der Waals surface area contributed by atoms with E-state index >= 15 is 0 Å². The molecule has 27 heavy (non-hydrogen) atoms. The average molecular weight is 371 g/mol. The van der Waals surface area contributed by atoms with Crippen molar-refractivity contribution in [3.8, 4) is 0 Å². The van der Waals surface area contributed by atoms with Crippen molar-refractivity contribution in [2.24, 2.45) is 0 Å². The minimum absolute atomic E-state index is 0.229. The Kier molecular flexibility index (Phi) is 4.90. The number of nitrogens with zero attached hydrogens (tertiary/aromatic N) is 1. The molecule has 0 atom stereocenters. The molecule has 0 N–H and O–H groups in total. The van der Waals surface area contributed by atoms with Crippen LogP contribution in [0, 0.1) is 0 Å². The van der Waals surface area contributed by atoms with E-state index in [1.807, 2.05) is 84.9 Å². The van der Waals surface area contributed by atoms with Crippen molar-refractivity contribution in [1.82, 2.24) is 4.90 Å². The van der Waals surface area contributed by atoms with Crippen LogP contribution in [0.1, 0.15) is 11.1 Å². The van der Waals surface area contributed by atoms with Gasteiger partial charge in [-0.3, -0.25) is 14.5 Å². The Morgan fingerprint density at radius 3 is 2.44 bits per heavy atom. The van der Waals surface area contributed by atoms with Crippen LogP contribution < -0.4 is 0 Å². The maximum absolute atomic E-state index is 12.7. The van der Waals surface area contributed by atoms with Crippen molar-refractivity contribution in [3.63, 3.8) is 0 Å². The standard InChI is InChI=1S/C23H17NO2S/c25-22-21(15-6-10-17-8-2-1-3-9-17)27-23(26)24(22)16-19-13-7-12-18-11-4-5-14-20(18)19/h1-15H,16H2/b10-6-,21-15+. The zero-order valence-corrected chi connectivity index (χ0v) is 15.4. The van der Waals surface area contributed by atoms with Gasteiger partial charge in [0.15, 0.2) is 0 Å². The van der Waals surface area contributed by atoms with E-state index in [2.05, 4.69) is 0 Å². The van der Waals surface area contributed by atoms with E-state index in [0.29, 0.717) is 4.91 Å². The van der Waals surface area contributed by atoms with Gasteiger partial charge in [-0.25, -0.2) is 0 Å². The van der Waals surface area contributed by atoms with Gasteiger partial charge < -0.3 is 0 Å². The van der Waals surface area contributed by atoms with Crippen LogP contribution in [-0.4, -0.2) is 16.0 Å². The molecule has 0 saturated carbocycles. The number of rotatable bonds is 4. The summed E-state index contributed by atoms with van der Waals surface area (Å²) in [6, 6.07) is 23.8. The molecule has 1 heterocycles. The number of allylic oxidation sites excluding steroid dienone is 2. The molecule has 0 spiro atoms. The van der Waals surface area contributed by atoms with Crippen LogP contribution in [-0.2, 0) is 11.3 Å². The molecule has 1 fully saturated rings. The number of carbonyl (C=O) groups is 2. The summed E-state index contributed by atoms with van der Waals surface area (Å²) < 4.78 is 0. The monoisotopic (exact) mass is 371 g/mol. The highest BCUT2D eigenvalue weighted by atomic mass is 32.2. The fourth-order valence-corrected chi connectivity index (χ4v) is 3.85. The van der Waals surface area contributed by atoms with Gasteiger partial charge in [-0.15, -0.1) is 0 Å². The lowest BCUT2D eigenvalue weighted by Crippen LogP contribution is -2.27. The van der Waals surface area contributed by atoms with Gasteiger partial charge >= 0.3 is 0 Å². The van der Waals surface area contributed by atoms with E-state index in [9.17, 15) is 9.59 Å². The molecule has 3 nitrogen and oxygen atoms in total. The van der Waals surface area contributed by atoms with Gasteiger partial charge in [0.05, 0.1) is 11.4 Å². The molecule has 1 aliphatic heterocycles. The molecule has 1 saturated heterocycles. The van der Waals surface area contributed by atoms with Crippen LogP contribution in [0.15, 0.2) is 89.9 Å². The summed E-state index contributed by atoms with van der Waals surface area (Å²) in [5.74, 6) is -0.240. The third-order valence-electron chi connectivity index (χ3n) is 4.42. The van der Waals surface area contributed by atoms with Crippen LogP contribution in [0.5, 0.6) is 0 Å². The fraction of sp³-hybridized carbons (Fsp3) is 0.0435. The molecule has 3 aromatic carbocycles. The second-order valence-electron chi connectivity index (χ2n) is 6.20. The molecule has 0 radical (unpaired) electrons. The lowest BCUT2D eigenvalue weighted by molar-refractivity contribution is -0.123. The first-order valence-corrected chi connectivity index (χ1v) is 9.48. The quantitative estimate of drug-likeness (QED) is 0.558. The summed E-state index contributed by atoms with van der Waals surface area (Å²) >= 11 is 0.989. The maximum atomic E-state index is 12.7. The van der Waals surface area contributed by atoms with E-state index in [4.69, 9.17) is 0 Å². The Labute approximate surface area is 162 Å². The highest BCUT2D eigenvalue weighted by molar-refractivity contribution is 8.18. The number of hydrogen-bond acceptors (Lipinski definition) is 3. The van der Waals surface area contributed by atoms with Gasteiger partial charge in [-0.2, -0.15) is 0 Å². The molecule has 0 bridgehead atoms. The smallest absolute Gasteiger partial charge is 0.268 e. The zero-order chi connectivity index (χ0) is 18.6. The first-order chi connectivity index (χ1) is 13.2. The highest BCUT2D eigenvalue weighted by Crippen LogP contribution is 2.33. The summed E-state index contributed by atoms with van der Waals surface area (Å²) in [4.78, 5) is 26.8. The van der Waals surface area contributed by atoms with E-state index < -0.39 is 0 Å². The lowest BCUT2D eigenvalue weighted by atomic mass is 10.0. The molecule has 132 valence electrons. The predicted molar refractivity (Wildman–Crippen MR) is 111 cm³/mol. The van der Waals surface area contributed by atoms with E-state index in [1.165, 1.54) is 4.90 Å². The summed E-state index contributed by atoms with van der Waals surface area (Å²) in [5.41, 5.74) is 2.01. The van der Waals surface area contributed by atoms with Crippen molar-refractivity contribution in [1.29, 1.82) is 0 Å². The molecule has 1 aliphatic rings. The van der Waals surface area contributed by atoms with Gasteiger partial charge in [0, 0.05) is 0 Å². The molecule has 0 unspecified atom stereocenters. The van der Waals surface area contributed by atoms with Gasteiger partial charge in [0.2, 0.25) is 0 Å². The highest BCUT2D eigenvalue weighted by Gasteiger charge is 2.34. The normalized spacial score (nSPS) is 16.1. The molecule has 4 rings (SSSR count). The summed E-state index contributed by atoms with van der Waals surface area (Å²) in [5, 5.41) is 1.93. The summed E-state index contributed by atoms with van der Waals surface area (Å²) in [6.07, 6.45) is 5.43. The first kappa shape index (κ1) is 17.3. The Bertz CT molecular complexity index is 1060. The number of benzene rings is 3. The van der Waals surface area contributed by atoms with Crippen LogP contribution in [0.3, 0.4) is 0 Å². The lowest BCUT2D eigenvalue weighted by Gasteiger charge is -2.14. The van der Waals surface area contributed by atoms with E-state index in [1.54, 1.807) is 6.08 Å². The Balaban J connectivity index is 1.54. The van der Waals surface area contributed by atoms with Crippen LogP contribution in [0.2, 0.25) is 0 Å². The molecule has 3 aromatic rings. The molecule has 0 aromatic heterocycles.